The quantitative estimate of drug-likeness (QED) is 0.269. The molecular weight excluding hydrogens is 570 g/mol. The predicted octanol–water partition coefficient (Wildman–Crippen LogP) is 4.39. The zero-order chi connectivity index (χ0) is 31.3. The molecule has 1 heterocycles. The maximum atomic E-state index is 12.8. The largest absolute Gasteiger partial charge is 0.482 e. The van der Waals surface area contributed by atoms with Gasteiger partial charge in [-0.1, -0.05) is 12.1 Å². The maximum Gasteiger partial charge on any atom is 0.265 e. The molecule has 10 nitrogen and oxygen atoms in total. The van der Waals surface area contributed by atoms with E-state index >= 15 is 0 Å². The fourth-order valence-corrected chi connectivity index (χ4v) is 5.98. The molecule has 3 aromatic rings. The van der Waals surface area contributed by atoms with E-state index in [0.29, 0.717) is 52.3 Å². The third kappa shape index (κ3) is 7.51. The molecule has 0 radical (unpaired) electrons. The number of carbonyl (C=O) groups is 4. The zero-order valence-corrected chi connectivity index (χ0v) is 25.2. The summed E-state index contributed by atoms with van der Waals surface area (Å²) in [5.41, 5.74) is 9.58. The van der Waals surface area contributed by atoms with Gasteiger partial charge in [-0.05, 0) is 111 Å². The molecule has 0 bridgehead atoms. The Kier molecular flexibility index (Phi) is 9.11. The molecule has 5 N–H and O–H groups in total. The Balaban J connectivity index is 0.955. The molecule has 0 atom stereocenters. The second-order valence-electron chi connectivity index (χ2n) is 12.2. The topological polar surface area (TPSA) is 143 Å². The Hall–Kier alpha value is -4.70. The Morgan fingerprint density at radius 3 is 2.13 bits per heavy atom. The molecule has 1 aliphatic heterocycles. The molecule has 234 valence electrons. The number of benzene rings is 3. The summed E-state index contributed by atoms with van der Waals surface area (Å²) in [6, 6.07) is 19.5. The Morgan fingerprint density at radius 1 is 0.778 bits per heavy atom. The predicted molar refractivity (Wildman–Crippen MR) is 171 cm³/mol. The molecule has 0 unspecified atom stereocenters. The van der Waals surface area contributed by atoms with E-state index in [-0.39, 0.29) is 42.8 Å². The van der Waals surface area contributed by atoms with Gasteiger partial charge in [0.2, 0.25) is 0 Å². The van der Waals surface area contributed by atoms with Crippen LogP contribution in [0.25, 0.3) is 0 Å². The molecule has 0 aromatic heterocycles. The molecule has 10 heteroatoms. The first-order valence-electron chi connectivity index (χ1n) is 15.8. The first-order valence-corrected chi connectivity index (χ1v) is 15.8. The van der Waals surface area contributed by atoms with Crippen LogP contribution in [-0.2, 0) is 11.3 Å². The van der Waals surface area contributed by atoms with Crippen molar-refractivity contribution in [3.8, 4) is 5.75 Å². The van der Waals surface area contributed by atoms with Crippen molar-refractivity contribution >= 4 is 35.0 Å². The van der Waals surface area contributed by atoms with Crippen LogP contribution in [0, 0.1) is 5.92 Å². The van der Waals surface area contributed by atoms with Crippen molar-refractivity contribution in [2.45, 2.75) is 63.6 Å². The number of fused-ring (bicyclic) bond motifs is 1. The van der Waals surface area contributed by atoms with E-state index in [9.17, 15) is 19.2 Å². The molecule has 45 heavy (non-hydrogen) atoms. The van der Waals surface area contributed by atoms with Crippen LogP contribution < -0.4 is 31.3 Å². The van der Waals surface area contributed by atoms with Gasteiger partial charge in [0.15, 0.2) is 6.61 Å². The molecular formula is C35H39N5O5. The highest BCUT2D eigenvalue weighted by molar-refractivity contribution is 6.05. The van der Waals surface area contributed by atoms with E-state index in [2.05, 4.69) is 16.0 Å². The second kappa shape index (κ2) is 13.5. The smallest absolute Gasteiger partial charge is 0.265 e. The lowest BCUT2D eigenvalue weighted by atomic mass is 9.84. The van der Waals surface area contributed by atoms with E-state index in [1.54, 1.807) is 71.6 Å². The number of amides is 4. The standard InChI is InChI=1S/C35H39N5O5/c36-27-10-3-22(4-11-27)17-18-37-33(42)24-7-12-28(13-8-24)39-35(44)25-5-1-23(2-6-25)20-38-34(43)26-9-16-30-31(19-26)45-21-32(41)40(30)29-14-15-29/h1-2,5-9,12-13,16,19,22,27,29H,3-4,10-11,14-15,17-18,20-21,36H2,(H,37,42)(H,38,43)(H,39,44). The third-order valence-corrected chi connectivity index (χ3v) is 8.82. The minimum Gasteiger partial charge on any atom is -0.482 e. The molecule has 6 rings (SSSR count). The Bertz CT molecular complexity index is 1560. The summed E-state index contributed by atoms with van der Waals surface area (Å²) in [6.45, 7) is 0.903. The summed E-state index contributed by atoms with van der Waals surface area (Å²) in [7, 11) is 0. The summed E-state index contributed by atoms with van der Waals surface area (Å²) < 4.78 is 5.60. The average Bonchev–Trinajstić information content (AvgIpc) is 3.90. The molecule has 2 fully saturated rings. The number of hydrogen-bond donors (Lipinski definition) is 4. The summed E-state index contributed by atoms with van der Waals surface area (Å²) >= 11 is 0. The number of rotatable bonds is 10. The number of hydrogen-bond acceptors (Lipinski definition) is 6. The lowest BCUT2D eigenvalue weighted by molar-refractivity contribution is -0.121. The SMILES string of the molecule is NC1CCC(CCNC(=O)c2ccc(NC(=O)c3ccc(CNC(=O)c4ccc5c(c4)OCC(=O)N5C4CC4)cc3)cc2)CC1. The maximum absolute atomic E-state index is 12.8. The van der Waals surface area contributed by atoms with E-state index < -0.39 is 0 Å². The Morgan fingerprint density at radius 2 is 1.42 bits per heavy atom. The molecule has 4 amide bonds. The van der Waals surface area contributed by atoms with Crippen LogP contribution in [0.2, 0.25) is 0 Å². The van der Waals surface area contributed by atoms with E-state index in [4.69, 9.17) is 10.5 Å². The van der Waals surface area contributed by atoms with Crippen molar-refractivity contribution < 1.29 is 23.9 Å². The van der Waals surface area contributed by atoms with E-state index in [0.717, 1.165) is 50.5 Å². The highest BCUT2D eigenvalue weighted by atomic mass is 16.5. The summed E-state index contributed by atoms with van der Waals surface area (Å²) in [4.78, 5) is 52.2. The fourth-order valence-electron chi connectivity index (χ4n) is 5.98. The summed E-state index contributed by atoms with van der Waals surface area (Å²) in [6.07, 6.45) is 7.31. The monoisotopic (exact) mass is 609 g/mol. The first kappa shape index (κ1) is 30.3. The van der Waals surface area contributed by atoms with Gasteiger partial charge < -0.3 is 31.3 Å². The van der Waals surface area contributed by atoms with Crippen molar-refractivity contribution in [2.75, 3.05) is 23.4 Å². The van der Waals surface area contributed by atoms with E-state index in [1.165, 1.54) is 0 Å². The van der Waals surface area contributed by atoms with Gasteiger partial charge in [0, 0.05) is 47.6 Å². The van der Waals surface area contributed by atoms with Crippen LogP contribution in [0.15, 0.2) is 66.7 Å². The first-order chi connectivity index (χ1) is 21.8. The lowest BCUT2D eigenvalue weighted by Gasteiger charge is -2.29. The fraction of sp³-hybridized carbons (Fsp3) is 0.371. The molecule has 3 aliphatic rings. The zero-order valence-electron chi connectivity index (χ0n) is 25.2. The molecule has 3 aromatic carbocycles. The number of carbonyl (C=O) groups excluding carboxylic acids is 4. The van der Waals surface area contributed by atoms with Crippen molar-refractivity contribution in [1.29, 1.82) is 0 Å². The number of anilines is 2. The van der Waals surface area contributed by atoms with Gasteiger partial charge in [-0.2, -0.15) is 0 Å². The van der Waals surface area contributed by atoms with Gasteiger partial charge in [-0.15, -0.1) is 0 Å². The van der Waals surface area contributed by atoms with E-state index in [1.807, 2.05) is 0 Å². The van der Waals surface area contributed by atoms with Crippen LogP contribution in [0.1, 0.15) is 81.6 Å². The van der Waals surface area contributed by atoms with Crippen molar-refractivity contribution in [2.24, 2.45) is 11.7 Å². The minimum atomic E-state index is -0.275. The molecule has 2 saturated carbocycles. The van der Waals surface area contributed by atoms with Crippen LogP contribution >= 0.6 is 0 Å². The van der Waals surface area contributed by atoms with Gasteiger partial charge in [0.05, 0.1) is 5.69 Å². The number of ether oxygens (including phenoxy) is 1. The number of nitrogens with zero attached hydrogens (tertiary/aromatic N) is 1. The third-order valence-electron chi connectivity index (χ3n) is 8.82. The van der Waals surface area contributed by atoms with Gasteiger partial charge in [0.25, 0.3) is 23.6 Å². The van der Waals surface area contributed by atoms with Gasteiger partial charge in [-0.3, -0.25) is 19.2 Å². The van der Waals surface area contributed by atoms with Crippen LogP contribution in [0.3, 0.4) is 0 Å². The molecule has 0 saturated heterocycles. The average molecular weight is 610 g/mol. The molecule has 0 spiro atoms. The minimum absolute atomic E-state index is 0.0198. The Labute approximate surface area is 262 Å². The summed E-state index contributed by atoms with van der Waals surface area (Å²) in [5, 5.41) is 8.75. The van der Waals surface area contributed by atoms with Crippen LogP contribution in [0.4, 0.5) is 11.4 Å². The normalized spacial score (nSPS) is 19.2. The number of nitrogens with two attached hydrogens (primary N) is 1. The van der Waals surface area contributed by atoms with Crippen LogP contribution in [0.5, 0.6) is 5.75 Å². The second-order valence-corrected chi connectivity index (χ2v) is 12.2. The van der Waals surface area contributed by atoms with Crippen molar-refractivity contribution in [3.05, 3.63) is 89.0 Å². The van der Waals surface area contributed by atoms with Gasteiger partial charge >= 0.3 is 0 Å². The van der Waals surface area contributed by atoms with Crippen molar-refractivity contribution in [3.63, 3.8) is 0 Å². The van der Waals surface area contributed by atoms with Crippen LogP contribution in [-0.4, -0.2) is 48.9 Å². The molecule has 2 aliphatic carbocycles. The highest BCUT2D eigenvalue weighted by Gasteiger charge is 2.38. The number of nitrogens with one attached hydrogen (secondary N) is 3. The summed E-state index contributed by atoms with van der Waals surface area (Å²) in [5.74, 6) is 0.452. The highest BCUT2D eigenvalue weighted by Crippen LogP contribution is 2.40. The lowest BCUT2D eigenvalue weighted by Crippen LogP contribution is -2.40. The van der Waals surface area contributed by atoms with Gasteiger partial charge in [0.1, 0.15) is 5.75 Å². The van der Waals surface area contributed by atoms with Crippen molar-refractivity contribution in [1.82, 2.24) is 10.6 Å². The van der Waals surface area contributed by atoms with Gasteiger partial charge in [-0.25, -0.2) is 0 Å².